The van der Waals surface area contributed by atoms with Gasteiger partial charge in [-0.3, -0.25) is 14.2 Å². The van der Waals surface area contributed by atoms with Gasteiger partial charge in [0.25, 0.3) is 11.5 Å². The molecule has 5 nitrogen and oxygen atoms in total. The third-order valence-corrected chi connectivity index (χ3v) is 7.55. The molecule has 0 fully saturated rings. The standard InChI is InChI=1S/C26H20FN3O2S2/c1-15-6-3-4-7-19(15)29-24(31)22-16(2)28-26-30(23(22)20-8-5-13-33-20)25(32)21(34-26)14-17-9-11-18(27)12-10-17/h3-14,23H,1-2H3,(H,29,31)/b21-14+. The zero-order chi connectivity index (χ0) is 23.8. The zero-order valence-electron chi connectivity index (χ0n) is 18.4. The number of hydrogen-bond acceptors (Lipinski definition) is 5. The van der Waals surface area contributed by atoms with Crippen LogP contribution in [0.25, 0.3) is 6.08 Å². The molecular weight excluding hydrogens is 469 g/mol. The van der Waals surface area contributed by atoms with Crippen LogP contribution in [0.15, 0.2) is 87.1 Å². The van der Waals surface area contributed by atoms with Gasteiger partial charge in [-0.05, 0) is 60.7 Å². The fourth-order valence-corrected chi connectivity index (χ4v) is 5.81. The Morgan fingerprint density at radius 1 is 1.09 bits per heavy atom. The van der Waals surface area contributed by atoms with E-state index in [1.165, 1.54) is 34.8 Å². The number of hydrogen-bond donors (Lipinski definition) is 1. The molecule has 0 spiro atoms. The Labute approximate surface area is 202 Å². The van der Waals surface area contributed by atoms with Crippen molar-refractivity contribution in [2.75, 3.05) is 5.32 Å². The van der Waals surface area contributed by atoms with Gasteiger partial charge in [-0.2, -0.15) is 0 Å². The molecular formula is C26H20FN3O2S2. The summed E-state index contributed by atoms with van der Waals surface area (Å²) in [7, 11) is 0. The largest absolute Gasteiger partial charge is 0.322 e. The first-order valence-corrected chi connectivity index (χ1v) is 12.3. The van der Waals surface area contributed by atoms with Gasteiger partial charge in [0, 0.05) is 10.6 Å². The number of nitrogens with one attached hydrogen (secondary N) is 1. The van der Waals surface area contributed by atoms with Gasteiger partial charge < -0.3 is 5.32 Å². The van der Waals surface area contributed by atoms with E-state index in [4.69, 9.17) is 0 Å². The van der Waals surface area contributed by atoms with E-state index in [0.717, 1.165) is 10.4 Å². The lowest BCUT2D eigenvalue weighted by Crippen LogP contribution is -2.40. The van der Waals surface area contributed by atoms with Gasteiger partial charge in [0.2, 0.25) is 0 Å². The summed E-state index contributed by atoms with van der Waals surface area (Å²) in [5.74, 6) is -0.627. The van der Waals surface area contributed by atoms with Crippen molar-refractivity contribution in [3.63, 3.8) is 0 Å². The number of rotatable bonds is 4. The third kappa shape index (κ3) is 4.06. The van der Waals surface area contributed by atoms with Crippen LogP contribution in [0.5, 0.6) is 0 Å². The highest BCUT2D eigenvalue weighted by Crippen LogP contribution is 2.33. The van der Waals surface area contributed by atoms with Crippen molar-refractivity contribution >= 4 is 40.3 Å². The number of anilines is 1. The number of benzene rings is 2. The molecule has 3 heterocycles. The average molecular weight is 490 g/mol. The number of thiazole rings is 1. The molecule has 4 aromatic rings. The first kappa shape index (κ1) is 22.2. The predicted octanol–water partition coefficient (Wildman–Crippen LogP) is 4.38. The van der Waals surface area contributed by atoms with E-state index in [2.05, 4.69) is 10.3 Å². The van der Waals surface area contributed by atoms with Crippen molar-refractivity contribution < 1.29 is 9.18 Å². The first-order valence-electron chi connectivity index (χ1n) is 10.6. The van der Waals surface area contributed by atoms with E-state index >= 15 is 0 Å². The molecule has 0 saturated carbocycles. The summed E-state index contributed by atoms with van der Waals surface area (Å²) in [6, 6.07) is 16.8. The minimum absolute atomic E-state index is 0.236. The number of fused-ring (bicyclic) bond motifs is 1. The van der Waals surface area contributed by atoms with Crippen molar-refractivity contribution in [3.05, 3.63) is 119 Å². The molecule has 0 bridgehead atoms. The molecule has 1 aliphatic heterocycles. The number of thiophene rings is 1. The fraction of sp³-hybridized carbons (Fsp3) is 0.115. The number of allylic oxidation sites excluding steroid dienone is 1. The monoisotopic (exact) mass is 489 g/mol. The number of nitrogens with zero attached hydrogens (tertiary/aromatic N) is 2. The van der Waals surface area contributed by atoms with E-state index in [1.54, 1.807) is 29.7 Å². The zero-order valence-corrected chi connectivity index (χ0v) is 20.0. The molecule has 170 valence electrons. The lowest BCUT2D eigenvalue weighted by Gasteiger charge is -2.24. The van der Waals surface area contributed by atoms with Gasteiger partial charge in [-0.1, -0.05) is 47.7 Å². The van der Waals surface area contributed by atoms with Crippen LogP contribution in [0.1, 0.15) is 29.0 Å². The van der Waals surface area contributed by atoms with Crippen LogP contribution >= 0.6 is 22.7 Å². The lowest BCUT2D eigenvalue weighted by molar-refractivity contribution is -0.113. The maximum atomic E-state index is 13.5. The molecule has 1 N–H and O–H groups in total. The Hall–Kier alpha value is -3.62. The van der Waals surface area contributed by atoms with Crippen LogP contribution < -0.4 is 20.2 Å². The fourth-order valence-electron chi connectivity index (χ4n) is 3.94. The molecule has 1 amide bonds. The highest BCUT2D eigenvalue weighted by molar-refractivity contribution is 7.10. The van der Waals surface area contributed by atoms with Gasteiger partial charge >= 0.3 is 0 Å². The smallest absolute Gasteiger partial charge is 0.271 e. The summed E-state index contributed by atoms with van der Waals surface area (Å²) in [6.45, 7) is 3.72. The van der Waals surface area contributed by atoms with E-state index < -0.39 is 6.04 Å². The Balaban J connectivity index is 1.64. The molecule has 2 aromatic heterocycles. The van der Waals surface area contributed by atoms with Gasteiger partial charge in [0.05, 0.1) is 15.8 Å². The van der Waals surface area contributed by atoms with Crippen LogP contribution in [0.2, 0.25) is 0 Å². The minimum Gasteiger partial charge on any atom is -0.322 e. The number of para-hydroxylation sites is 1. The molecule has 1 atom stereocenters. The third-order valence-electron chi connectivity index (χ3n) is 5.64. The minimum atomic E-state index is -0.587. The normalized spacial score (nSPS) is 15.7. The topological polar surface area (TPSA) is 63.5 Å². The van der Waals surface area contributed by atoms with E-state index in [-0.39, 0.29) is 17.3 Å². The van der Waals surface area contributed by atoms with Crippen LogP contribution in [0, 0.1) is 12.7 Å². The van der Waals surface area contributed by atoms with E-state index in [9.17, 15) is 14.0 Å². The van der Waals surface area contributed by atoms with Crippen LogP contribution in [-0.4, -0.2) is 10.5 Å². The maximum absolute atomic E-state index is 13.5. The molecule has 1 unspecified atom stereocenters. The highest BCUT2D eigenvalue weighted by atomic mass is 32.1. The number of aromatic nitrogens is 1. The van der Waals surface area contributed by atoms with Crippen molar-refractivity contribution in [3.8, 4) is 0 Å². The van der Waals surface area contributed by atoms with Crippen LogP contribution in [0.4, 0.5) is 10.1 Å². The summed E-state index contributed by atoms with van der Waals surface area (Å²) in [4.78, 5) is 33.1. The van der Waals surface area contributed by atoms with Crippen molar-refractivity contribution in [1.82, 2.24) is 4.57 Å². The van der Waals surface area contributed by atoms with Crippen molar-refractivity contribution in [2.24, 2.45) is 4.99 Å². The van der Waals surface area contributed by atoms with E-state index in [0.29, 0.717) is 31.9 Å². The van der Waals surface area contributed by atoms with Crippen molar-refractivity contribution in [2.45, 2.75) is 19.9 Å². The second kappa shape index (κ2) is 8.96. The number of carbonyl (C=O) groups excluding carboxylic acids is 1. The molecule has 0 saturated heterocycles. The van der Waals surface area contributed by atoms with Gasteiger partial charge in [-0.25, -0.2) is 9.38 Å². The Bertz CT molecular complexity index is 1600. The quantitative estimate of drug-likeness (QED) is 0.462. The highest BCUT2D eigenvalue weighted by Gasteiger charge is 2.33. The molecule has 0 aliphatic carbocycles. The number of aryl methyl sites for hydroxylation is 1. The Morgan fingerprint density at radius 2 is 1.85 bits per heavy atom. The molecule has 2 aromatic carbocycles. The average Bonchev–Trinajstić information content (AvgIpc) is 3.45. The van der Waals surface area contributed by atoms with Crippen LogP contribution in [0.3, 0.4) is 0 Å². The van der Waals surface area contributed by atoms with Gasteiger partial charge in [0.1, 0.15) is 11.9 Å². The lowest BCUT2D eigenvalue weighted by atomic mass is 10.0. The second-order valence-electron chi connectivity index (χ2n) is 7.92. The molecule has 0 radical (unpaired) electrons. The van der Waals surface area contributed by atoms with Crippen molar-refractivity contribution in [1.29, 1.82) is 0 Å². The first-order chi connectivity index (χ1) is 16.4. The molecule has 5 rings (SSSR count). The van der Waals surface area contributed by atoms with E-state index in [1.807, 2.05) is 48.7 Å². The Kier molecular flexibility index (Phi) is 5.85. The number of carbonyl (C=O) groups is 1. The maximum Gasteiger partial charge on any atom is 0.271 e. The molecule has 34 heavy (non-hydrogen) atoms. The van der Waals surface area contributed by atoms with Gasteiger partial charge in [-0.15, -0.1) is 11.3 Å². The predicted molar refractivity (Wildman–Crippen MR) is 134 cm³/mol. The summed E-state index contributed by atoms with van der Waals surface area (Å²) in [6.07, 6.45) is 1.72. The van der Waals surface area contributed by atoms with Crippen LogP contribution in [-0.2, 0) is 4.79 Å². The summed E-state index contributed by atoms with van der Waals surface area (Å²) >= 11 is 2.75. The number of halogens is 1. The second-order valence-corrected chi connectivity index (χ2v) is 9.91. The number of amides is 1. The summed E-state index contributed by atoms with van der Waals surface area (Å²) in [5, 5.41) is 4.92. The molecule has 1 aliphatic rings. The molecule has 8 heteroatoms. The SMILES string of the molecule is CC1=C(C(=O)Nc2ccccc2C)C(c2cccs2)n2c(s/c(=C/c3ccc(F)cc3)c2=O)=N1. The Morgan fingerprint density at radius 3 is 2.56 bits per heavy atom. The van der Waals surface area contributed by atoms with Gasteiger partial charge in [0.15, 0.2) is 4.80 Å². The summed E-state index contributed by atoms with van der Waals surface area (Å²) in [5.41, 5.74) is 3.14. The summed E-state index contributed by atoms with van der Waals surface area (Å²) < 4.78 is 15.4.